The number of anilines is 2. The number of benzene rings is 2. The first kappa shape index (κ1) is 19.4. The van der Waals surface area contributed by atoms with E-state index in [-0.39, 0.29) is 0 Å². The monoisotopic (exact) mass is 436 g/mol. The van der Waals surface area contributed by atoms with Crippen molar-refractivity contribution < 1.29 is 0 Å². The summed E-state index contributed by atoms with van der Waals surface area (Å²) in [5, 5.41) is 4.55. The van der Waals surface area contributed by atoms with Gasteiger partial charge in [0.05, 0.1) is 16.6 Å². The maximum Gasteiger partial charge on any atom is 0.178 e. The number of thioether (sulfide) groups is 1. The molecule has 0 aliphatic carbocycles. The van der Waals surface area contributed by atoms with Crippen molar-refractivity contribution in [3.8, 4) is 0 Å². The number of fused-ring (bicyclic) bond motifs is 2. The topological polar surface area (TPSA) is 61.8 Å². The van der Waals surface area contributed by atoms with Crippen molar-refractivity contribution in [3.63, 3.8) is 0 Å². The Bertz CT molecular complexity index is 1260. The number of para-hydroxylation sites is 1. The van der Waals surface area contributed by atoms with E-state index in [0.717, 1.165) is 58.7 Å². The van der Waals surface area contributed by atoms with Crippen LogP contribution in [0.4, 0.5) is 11.5 Å². The van der Waals surface area contributed by atoms with E-state index in [2.05, 4.69) is 73.1 Å². The summed E-state index contributed by atoms with van der Waals surface area (Å²) in [4.78, 5) is 14.8. The first-order chi connectivity index (χ1) is 14.7. The molecule has 0 atom stereocenters. The van der Waals surface area contributed by atoms with Crippen LogP contribution in [0.5, 0.6) is 0 Å². The molecule has 154 valence electrons. The fraction of sp³-hybridized carbons (Fsp3) is 0.318. The van der Waals surface area contributed by atoms with E-state index >= 15 is 0 Å². The predicted molar refractivity (Wildman–Crippen MR) is 129 cm³/mol. The van der Waals surface area contributed by atoms with Gasteiger partial charge in [0.2, 0.25) is 0 Å². The number of rotatable bonds is 5. The molecule has 6 nitrogen and oxygen atoms in total. The van der Waals surface area contributed by atoms with Gasteiger partial charge in [0.1, 0.15) is 12.1 Å². The molecule has 1 aliphatic heterocycles. The highest BCUT2D eigenvalue weighted by Crippen LogP contribution is 2.28. The minimum atomic E-state index is 0.718. The Hall–Kier alpha value is -2.58. The third-order valence-electron chi connectivity index (χ3n) is 5.64. The summed E-state index contributed by atoms with van der Waals surface area (Å²) in [5.74, 6) is 3.22. The van der Waals surface area contributed by atoms with Crippen molar-refractivity contribution in [1.82, 2.24) is 19.5 Å². The molecule has 0 unspecified atom stereocenters. The standard InChI is InChI=1S/C22H24N6S2/c1-2-28-20-12-17-16(11-18(20)26-22(28)29)21(25-14-24-17)23-13-15-5-3-4-6-19(15)27-7-9-30-10-8-27/h3-6,11-12,14H,2,7-10,13H2,1H3,(H,26,29)(H,23,24,25). The van der Waals surface area contributed by atoms with Crippen LogP contribution in [0.2, 0.25) is 0 Å². The fourth-order valence-electron chi connectivity index (χ4n) is 4.11. The summed E-state index contributed by atoms with van der Waals surface area (Å²) in [6, 6.07) is 12.8. The lowest BCUT2D eigenvalue weighted by molar-refractivity contribution is 0.774. The second-order valence-electron chi connectivity index (χ2n) is 7.36. The summed E-state index contributed by atoms with van der Waals surface area (Å²) in [7, 11) is 0. The van der Waals surface area contributed by atoms with Crippen LogP contribution in [0.15, 0.2) is 42.7 Å². The zero-order valence-corrected chi connectivity index (χ0v) is 18.5. The van der Waals surface area contributed by atoms with Crippen LogP contribution in [0, 0.1) is 4.77 Å². The van der Waals surface area contributed by atoms with Gasteiger partial charge in [-0.3, -0.25) is 0 Å². The average Bonchev–Trinajstić information content (AvgIpc) is 3.10. The van der Waals surface area contributed by atoms with E-state index in [1.165, 1.54) is 22.8 Å². The highest BCUT2D eigenvalue weighted by Gasteiger charge is 2.15. The lowest BCUT2D eigenvalue weighted by atomic mass is 10.1. The van der Waals surface area contributed by atoms with Crippen LogP contribution in [0.25, 0.3) is 21.9 Å². The normalized spacial score (nSPS) is 14.5. The van der Waals surface area contributed by atoms with Gasteiger partial charge >= 0.3 is 0 Å². The van der Waals surface area contributed by atoms with Crippen LogP contribution < -0.4 is 10.2 Å². The number of H-pyrrole nitrogens is 1. The fourth-order valence-corrected chi connectivity index (χ4v) is 5.35. The van der Waals surface area contributed by atoms with Crippen molar-refractivity contribution in [2.75, 3.05) is 34.8 Å². The molecule has 0 radical (unpaired) electrons. The third kappa shape index (κ3) is 3.54. The largest absolute Gasteiger partial charge is 0.370 e. The summed E-state index contributed by atoms with van der Waals surface area (Å²) >= 11 is 7.49. The minimum Gasteiger partial charge on any atom is -0.370 e. The number of imidazole rings is 1. The first-order valence-electron chi connectivity index (χ1n) is 10.3. The summed E-state index contributed by atoms with van der Waals surface area (Å²) in [6.07, 6.45) is 1.63. The van der Waals surface area contributed by atoms with Crippen molar-refractivity contribution in [2.24, 2.45) is 0 Å². The van der Waals surface area contributed by atoms with E-state index in [4.69, 9.17) is 12.2 Å². The van der Waals surface area contributed by atoms with Gasteiger partial charge in [-0.2, -0.15) is 11.8 Å². The Kier molecular flexibility index (Phi) is 5.35. The van der Waals surface area contributed by atoms with Crippen LogP contribution in [0.3, 0.4) is 0 Å². The van der Waals surface area contributed by atoms with Gasteiger partial charge < -0.3 is 19.8 Å². The van der Waals surface area contributed by atoms with Crippen LogP contribution in [0.1, 0.15) is 12.5 Å². The Balaban J connectivity index is 1.48. The molecular weight excluding hydrogens is 412 g/mol. The molecule has 0 amide bonds. The van der Waals surface area contributed by atoms with E-state index in [1.807, 2.05) is 11.8 Å². The maximum atomic E-state index is 5.46. The average molecular weight is 437 g/mol. The number of aryl methyl sites for hydroxylation is 1. The van der Waals surface area contributed by atoms with E-state index < -0.39 is 0 Å². The molecule has 3 heterocycles. The van der Waals surface area contributed by atoms with Crippen LogP contribution in [-0.2, 0) is 13.1 Å². The van der Waals surface area contributed by atoms with Crippen LogP contribution >= 0.6 is 24.0 Å². The Labute approximate surface area is 184 Å². The van der Waals surface area contributed by atoms with Crippen molar-refractivity contribution in [3.05, 3.63) is 53.1 Å². The Morgan fingerprint density at radius 2 is 2.00 bits per heavy atom. The quantitative estimate of drug-likeness (QED) is 0.437. The molecule has 2 aromatic carbocycles. The lowest BCUT2D eigenvalue weighted by Crippen LogP contribution is -2.33. The molecule has 8 heteroatoms. The molecule has 2 aromatic heterocycles. The number of hydrogen-bond acceptors (Lipinski definition) is 6. The highest BCUT2D eigenvalue weighted by atomic mass is 32.2. The smallest absolute Gasteiger partial charge is 0.178 e. The SMILES string of the molecule is CCn1c(=S)[nH]c2cc3c(NCc4ccccc4N4CCSCC4)ncnc3cc21. The van der Waals surface area contributed by atoms with Gasteiger partial charge in [-0.05, 0) is 42.9 Å². The molecule has 1 aliphatic rings. The molecule has 30 heavy (non-hydrogen) atoms. The van der Waals surface area contributed by atoms with Crippen molar-refractivity contribution in [2.45, 2.75) is 20.0 Å². The van der Waals surface area contributed by atoms with Gasteiger partial charge in [0.25, 0.3) is 0 Å². The number of nitrogens with zero attached hydrogens (tertiary/aromatic N) is 4. The van der Waals surface area contributed by atoms with Gasteiger partial charge in [0.15, 0.2) is 4.77 Å². The highest BCUT2D eigenvalue weighted by molar-refractivity contribution is 7.99. The first-order valence-corrected chi connectivity index (χ1v) is 11.8. The Morgan fingerprint density at radius 1 is 1.17 bits per heavy atom. The maximum absolute atomic E-state index is 5.46. The second-order valence-corrected chi connectivity index (χ2v) is 8.98. The number of aromatic amines is 1. The van der Waals surface area contributed by atoms with Gasteiger partial charge in [-0.25, -0.2) is 9.97 Å². The molecule has 0 saturated carbocycles. The second kappa shape index (κ2) is 8.28. The summed E-state index contributed by atoms with van der Waals surface area (Å²) in [5.41, 5.74) is 5.60. The van der Waals surface area contributed by atoms with E-state index in [1.54, 1.807) is 6.33 Å². The molecule has 0 bridgehead atoms. The molecule has 4 aromatic rings. The summed E-state index contributed by atoms with van der Waals surface area (Å²) in [6.45, 7) is 5.84. The predicted octanol–water partition coefficient (Wildman–Crippen LogP) is 4.83. The zero-order chi connectivity index (χ0) is 20.5. The van der Waals surface area contributed by atoms with E-state index in [0.29, 0.717) is 0 Å². The number of hydrogen-bond donors (Lipinski definition) is 2. The molecule has 0 spiro atoms. The molecular formula is C22H24N6S2. The number of nitrogens with one attached hydrogen (secondary N) is 2. The number of aromatic nitrogens is 4. The third-order valence-corrected chi connectivity index (χ3v) is 6.90. The molecule has 2 N–H and O–H groups in total. The molecule has 5 rings (SSSR count). The van der Waals surface area contributed by atoms with Gasteiger partial charge in [-0.15, -0.1) is 0 Å². The van der Waals surface area contributed by atoms with Crippen molar-refractivity contribution in [1.29, 1.82) is 0 Å². The summed E-state index contributed by atoms with van der Waals surface area (Å²) < 4.78 is 2.82. The molecule has 1 fully saturated rings. The Morgan fingerprint density at radius 3 is 2.83 bits per heavy atom. The van der Waals surface area contributed by atoms with E-state index in [9.17, 15) is 0 Å². The zero-order valence-electron chi connectivity index (χ0n) is 16.9. The van der Waals surface area contributed by atoms with Gasteiger partial charge in [-0.1, -0.05) is 18.2 Å². The minimum absolute atomic E-state index is 0.718. The lowest BCUT2D eigenvalue weighted by Gasteiger charge is -2.30. The van der Waals surface area contributed by atoms with Gasteiger partial charge in [0, 0.05) is 48.8 Å². The van der Waals surface area contributed by atoms with Crippen LogP contribution in [-0.4, -0.2) is 44.1 Å². The molecule has 1 saturated heterocycles. The van der Waals surface area contributed by atoms with Crippen molar-refractivity contribution >= 4 is 57.4 Å².